The second-order valence-corrected chi connectivity index (χ2v) is 6.05. The summed E-state index contributed by atoms with van der Waals surface area (Å²) < 4.78 is 0.830. The Balaban J connectivity index is 2.08. The van der Waals surface area contributed by atoms with Gasteiger partial charge in [-0.15, -0.1) is 0 Å². The highest BCUT2D eigenvalue weighted by atomic mass is 79.9. The largest absolute Gasteiger partial charge is 0.325 e. The summed E-state index contributed by atoms with van der Waals surface area (Å²) in [5, 5.41) is 3.51. The molecule has 0 bridgehead atoms. The van der Waals surface area contributed by atoms with Crippen LogP contribution >= 0.6 is 27.5 Å². The van der Waals surface area contributed by atoms with Crippen LogP contribution in [0, 0.1) is 13.8 Å². The topological polar surface area (TPSA) is 29.1 Å². The maximum atomic E-state index is 12.0. The Morgan fingerprint density at radius 3 is 2.50 bits per heavy atom. The molecule has 2 rings (SSSR count). The highest BCUT2D eigenvalue weighted by Crippen LogP contribution is 2.29. The van der Waals surface area contributed by atoms with Crippen molar-refractivity contribution in [3.63, 3.8) is 0 Å². The van der Waals surface area contributed by atoms with Crippen LogP contribution in [0.4, 0.5) is 5.69 Å². The zero-order valence-electron chi connectivity index (χ0n) is 11.3. The minimum absolute atomic E-state index is 0.0607. The zero-order chi connectivity index (χ0) is 14.7. The normalized spacial score (nSPS) is 10.4. The van der Waals surface area contributed by atoms with E-state index in [1.165, 1.54) is 5.56 Å². The van der Waals surface area contributed by atoms with Gasteiger partial charge in [0.05, 0.1) is 12.1 Å². The summed E-state index contributed by atoms with van der Waals surface area (Å²) in [4.78, 5) is 12.0. The van der Waals surface area contributed by atoms with E-state index in [0.717, 1.165) is 15.6 Å². The summed E-state index contributed by atoms with van der Waals surface area (Å²) in [6.45, 7) is 3.94. The number of benzene rings is 2. The number of rotatable bonds is 3. The van der Waals surface area contributed by atoms with Crippen LogP contribution < -0.4 is 5.32 Å². The summed E-state index contributed by atoms with van der Waals surface area (Å²) >= 11 is 9.51. The molecule has 0 unspecified atom stereocenters. The van der Waals surface area contributed by atoms with Crippen molar-refractivity contribution in [2.24, 2.45) is 0 Å². The minimum atomic E-state index is -0.0607. The van der Waals surface area contributed by atoms with Crippen molar-refractivity contribution in [1.29, 1.82) is 0 Å². The molecule has 0 heterocycles. The predicted octanol–water partition coefficient (Wildman–Crippen LogP) is 4.90. The van der Waals surface area contributed by atoms with Crippen LogP contribution in [0.15, 0.2) is 40.9 Å². The molecule has 2 aromatic rings. The van der Waals surface area contributed by atoms with E-state index in [0.29, 0.717) is 17.1 Å². The number of aryl methyl sites for hydroxylation is 2. The van der Waals surface area contributed by atoms with Gasteiger partial charge in [-0.2, -0.15) is 0 Å². The SMILES string of the molecule is Cc1ccc(CC(=O)Nc2cc(Cl)c(C)cc2Br)cc1. The maximum Gasteiger partial charge on any atom is 0.228 e. The third kappa shape index (κ3) is 3.84. The Morgan fingerprint density at radius 2 is 1.85 bits per heavy atom. The molecule has 4 heteroatoms. The molecule has 1 N–H and O–H groups in total. The van der Waals surface area contributed by atoms with E-state index in [1.54, 1.807) is 6.07 Å². The smallest absolute Gasteiger partial charge is 0.228 e. The molecular formula is C16H15BrClNO. The van der Waals surface area contributed by atoms with Gasteiger partial charge in [-0.05, 0) is 53.0 Å². The molecule has 0 aromatic heterocycles. The number of carbonyl (C=O) groups excluding carboxylic acids is 1. The van der Waals surface area contributed by atoms with Crippen LogP contribution in [0.3, 0.4) is 0 Å². The van der Waals surface area contributed by atoms with Crippen LogP contribution in [0.5, 0.6) is 0 Å². The average Bonchev–Trinajstić information content (AvgIpc) is 2.39. The summed E-state index contributed by atoms with van der Waals surface area (Å²) in [5.41, 5.74) is 3.83. The molecule has 0 radical (unpaired) electrons. The molecule has 1 amide bonds. The van der Waals surface area contributed by atoms with Gasteiger partial charge >= 0.3 is 0 Å². The van der Waals surface area contributed by atoms with E-state index >= 15 is 0 Å². The highest BCUT2D eigenvalue weighted by Gasteiger charge is 2.09. The zero-order valence-corrected chi connectivity index (χ0v) is 13.7. The second-order valence-electron chi connectivity index (χ2n) is 4.79. The molecule has 0 aliphatic carbocycles. The van der Waals surface area contributed by atoms with E-state index in [-0.39, 0.29) is 5.91 Å². The summed E-state index contributed by atoms with van der Waals surface area (Å²) in [7, 11) is 0. The number of carbonyl (C=O) groups is 1. The van der Waals surface area contributed by atoms with Crippen LogP contribution in [0.1, 0.15) is 16.7 Å². The Bertz CT molecular complexity index is 638. The van der Waals surface area contributed by atoms with E-state index in [4.69, 9.17) is 11.6 Å². The Kier molecular flexibility index (Phi) is 4.84. The third-order valence-electron chi connectivity index (χ3n) is 3.01. The molecule has 0 saturated heterocycles. The van der Waals surface area contributed by atoms with Crippen LogP contribution in [-0.4, -0.2) is 5.91 Å². The number of halogens is 2. The fourth-order valence-electron chi connectivity index (χ4n) is 1.83. The van der Waals surface area contributed by atoms with Crippen LogP contribution in [-0.2, 0) is 11.2 Å². The standard InChI is InChI=1S/C16H15BrClNO/c1-10-3-5-12(6-4-10)8-16(20)19-15-9-14(18)11(2)7-13(15)17/h3-7,9H,8H2,1-2H3,(H,19,20). The van der Waals surface area contributed by atoms with Crippen molar-refractivity contribution in [3.05, 3.63) is 62.6 Å². The number of anilines is 1. The summed E-state index contributed by atoms with van der Waals surface area (Å²) in [6, 6.07) is 11.6. The first kappa shape index (κ1) is 15.1. The Labute approximate surface area is 132 Å². The molecule has 2 nitrogen and oxygen atoms in total. The molecule has 0 aliphatic rings. The van der Waals surface area contributed by atoms with Gasteiger partial charge in [0, 0.05) is 9.50 Å². The van der Waals surface area contributed by atoms with E-state index in [2.05, 4.69) is 21.2 Å². The molecule has 2 aromatic carbocycles. The first-order valence-electron chi connectivity index (χ1n) is 6.27. The van der Waals surface area contributed by atoms with Crippen molar-refractivity contribution >= 4 is 39.1 Å². The van der Waals surface area contributed by atoms with Gasteiger partial charge in [0.25, 0.3) is 0 Å². The summed E-state index contributed by atoms with van der Waals surface area (Å²) in [6.07, 6.45) is 0.345. The maximum absolute atomic E-state index is 12.0. The lowest BCUT2D eigenvalue weighted by molar-refractivity contribution is -0.115. The van der Waals surface area contributed by atoms with Gasteiger partial charge in [0.15, 0.2) is 0 Å². The van der Waals surface area contributed by atoms with E-state index in [9.17, 15) is 4.79 Å². The lowest BCUT2D eigenvalue weighted by Crippen LogP contribution is -2.14. The predicted molar refractivity (Wildman–Crippen MR) is 87.4 cm³/mol. The van der Waals surface area contributed by atoms with Gasteiger partial charge in [-0.1, -0.05) is 41.4 Å². The molecule has 104 valence electrons. The second kappa shape index (κ2) is 6.42. The van der Waals surface area contributed by atoms with E-state index < -0.39 is 0 Å². The summed E-state index contributed by atoms with van der Waals surface area (Å²) in [5.74, 6) is -0.0607. The third-order valence-corrected chi connectivity index (χ3v) is 4.07. The molecule has 0 fully saturated rings. The Hall–Kier alpha value is -1.32. The number of nitrogens with one attached hydrogen (secondary N) is 1. The van der Waals surface area contributed by atoms with Crippen molar-refractivity contribution in [1.82, 2.24) is 0 Å². The van der Waals surface area contributed by atoms with Crippen molar-refractivity contribution in [3.8, 4) is 0 Å². The van der Waals surface area contributed by atoms with Crippen molar-refractivity contribution in [2.45, 2.75) is 20.3 Å². The molecular weight excluding hydrogens is 338 g/mol. The lowest BCUT2D eigenvalue weighted by atomic mass is 10.1. The molecule has 20 heavy (non-hydrogen) atoms. The van der Waals surface area contributed by atoms with Crippen LogP contribution in [0.25, 0.3) is 0 Å². The van der Waals surface area contributed by atoms with Gasteiger partial charge in [0.2, 0.25) is 5.91 Å². The first-order chi connectivity index (χ1) is 9.45. The quantitative estimate of drug-likeness (QED) is 0.836. The van der Waals surface area contributed by atoms with Crippen molar-refractivity contribution in [2.75, 3.05) is 5.32 Å². The van der Waals surface area contributed by atoms with Gasteiger partial charge in [-0.25, -0.2) is 0 Å². The molecule has 0 spiro atoms. The average molecular weight is 353 g/mol. The molecule has 0 aliphatic heterocycles. The minimum Gasteiger partial charge on any atom is -0.325 e. The van der Waals surface area contributed by atoms with Gasteiger partial charge in [0.1, 0.15) is 0 Å². The lowest BCUT2D eigenvalue weighted by Gasteiger charge is -2.10. The highest BCUT2D eigenvalue weighted by molar-refractivity contribution is 9.10. The first-order valence-corrected chi connectivity index (χ1v) is 7.44. The fourth-order valence-corrected chi connectivity index (χ4v) is 2.55. The number of hydrogen-bond donors (Lipinski definition) is 1. The van der Waals surface area contributed by atoms with Gasteiger partial charge < -0.3 is 5.32 Å². The fraction of sp³-hybridized carbons (Fsp3) is 0.188. The molecule has 0 saturated carbocycles. The Morgan fingerprint density at radius 1 is 1.20 bits per heavy atom. The van der Waals surface area contributed by atoms with Crippen LogP contribution in [0.2, 0.25) is 5.02 Å². The monoisotopic (exact) mass is 351 g/mol. The van der Waals surface area contributed by atoms with E-state index in [1.807, 2.05) is 44.2 Å². The number of hydrogen-bond acceptors (Lipinski definition) is 1. The van der Waals surface area contributed by atoms with Crippen molar-refractivity contribution < 1.29 is 4.79 Å². The van der Waals surface area contributed by atoms with Gasteiger partial charge in [-0.3, -0.25) is 4.79 Å². The number of amides is 1. The molecule has 0 atom stereocenters.